The first kappa shape index (κ1) is 17.6. The van der Waals surface area contributed by atoms with Crippen LogP contribution in [-0.4, -0.2) is 58.7 Å². The minimum atomic E-state index is -0.160. The van der Waals surface area contributed by atoms with E-state index in [1.54, 1.807) is 24.3 Å². The van der Waals surface area contributed by atoms with Crippen molar-refractivity contribution < 1.29 is 14.1 Å². The summed E-state index contributed by atoms with van der Waals surface area (Å²) in [5.41, 5.74) is 1.06. The standard InChI is InChI=1S/C16H21Br2N2O2/c1-20(2,11-8-14(17)18)10-5-9-19-15(21)12-6-3-4-7-13(12)16(19)22/h3-4,6-7,14H,5,8-11H2,1-2H3/q+1. The summed E-state index contributed by atoms with van der Waals surface area (Å²) in [4.78, 5) is 25.9. The van der Waals surface area contributed by atoms with Gasteiger partial charge in [0.25, 0.3) is 11.8 Å². The van der Waals surface area contributed by atoms with Gasteiger partial charge in [-0.15, -0.1) is 0 Å². The maximum Gasteiger partial charge on any atom is 0.261 e. The van der Waals surface area contributed by atoms with Crippen molar-refractivity contribution in [2.75, 3.05) is 33.7 Å². The zero-order chi connectivity index (χ0) is 16.3. The molecule has 2 amide bonds. The first-order chi connectivity index (χ1) is 10.3. The minimum absolute atomic E-state index is 0.160. The first-order valence-electron chi connectivity index (χ1n) is 7.37. The molecule has 1 heterocycles. The van der Waals surface area contributed by atoms with Crippen molar-refractivity contribution >= 4 is 43.7 Å². The molecule has 22 heavy (non-hydrogen) atoms. The molecule has 1 aromatic carbocycles. The summed E-state index contributed by atoms with van der Waals surface area (Å²) in [6.45, 7) is 2.45. The van der Waals surface area contributed by atoms with Crippen LogP contribution in [0.5, 0.6) is 0 Å². The van der Waals surface area contributed by atoms with Crippen LogP contribution < -0.4 is 0 Å². The Balaban J connectivity index is 1.88. The summed E-state index contributed by atoms with van der Waals surface area (Å²) in [6.07, 6.45) is 1.84. The van der Waals surface area contributed by atoms with Crippen LogP contribution in [0.3, 0.4) is 0 Å². The van der Waals surface area contributed by atoms with Gasteiger partial charge in [0, 0.05) is 19.4 Å². The lowest BCUT2D eigenvalue weighted by Crippen LogP contribution is -2.43. The van der Waals surface area contributed by atoms with Gasteiger partial charge >= 0.3 is 0 Å². The van der Waals surface area contributed by atoms with Crippen LogP contribution >= 0.6 is 31.9 Å². The second-order valence-corrected chi connectivity index (χ2v) is 9.66. The fourth-order valence-corrected chi connectivity index (χ4v) is 3.07. The quantitative estimate of drug-likeness (QED) is 0.376. The summed E-state index contributed by atoms with van der Waals surface area (Å²) in [6, 6.07) is 7.04. The lowest BCUT2D eigenvalue weighted by Gasteiger charge is -2.30. The van der Waals surface area contributed by atoms with E-state index in [2.05, 4.69) is 46.0 Å². The molecule has 6 heteroatoms. The molecule has 1 aliphatic rings. The van der Waals surface area contributed by atoms with Crippen LogP contribution in [0.2, 0.25) is 0 Å². The van der Waals surface area contributed by atoms with Crippen molar-refractivity contribution in [1.82, 2.24) is 4.90 Å². The Hall–Kier alpha value is -0.720. The van der Waals surface area contributed by atoms with E-state index in [1.807, 2.05) is 0 Å². The molecular formula is C16H21Br2N2O2+. The Bertz CT molecular complexity index is 538. The molecule has 1 aliphatic heterocycles. The highest BCUT2D eigenvalue weighted by atomic mass is 79.9. The number of rotatable bonds is 7. The summed E-state index contributed by atoms with van der Waals surface area (Å²) in [5.74, 6) is -0.321. The van der Waals surface area contributed by atoms with Crippen molar-refractivity contribution in [3.63, 3.8) is 0 Å². The highest BCUT2D eigenvalue weighted by Crippen LogP contribution is 2.22. The topological polar surface area (TPSA) is 37.4 Å². The smallest absolute Gasteiger partial charge is 0.261 e. The molecule has 0 aromatic heterocycles. The van der Waals surface area contributed by atoms with Crippen LogP contribution in [0.1, 0.15) is 33.6 Å². The minimum Gasteiger partial charge on any atom is -0.328 e. The van der Waals surface area contributed by atoms with Crippen LogP contribution in [0.4, 0.5) is 0 Å². The van der Waals surface area contributed by atoms with E-state index in [0.717, 1.165) is 30.4 Å². The number of benzene rings is 1. The van der Waals surface area contributed by atoms with Crippen molar-refractivity contribution in [2.24, 2.45) is 0 Å². The van der Waals surface area contributed by atoms with E-state index >= 15 is 0 Å². The number of hydrogen-bond donors (Lipinski definition) is 0. The van der Waals surface area contributed by atoms with Gasteiger partial charge in [0.15, 0.2) is 0 Å². The highest BCUT2D eigenvalue weighted by Gasteiger charge is 2.34. The molecule has 0 spiro atoms. The highest BCUT2D eigenvalue weighted by molar-refractivity contribution is 9.24. The summed E-state index contributed by atoms with van der Waals surface area (Å²) in [7, 11) is 4.34. The number of carbonyl (C=O) groups excluding carboxylic acids is 2. The monoisotopic (exact) mass is 431 g/mol. The van der Waals surface area contributed by atoms with Crippen molar-refractivity contribution in [1.29, 1.82) is 0 Å². The summed E-state index contributed by atoms with van der Waals surface area (Å²) >= 11 is 6.98. The van der Waals surface area contributed by atoms with E-state index in [1.165, 1.54) is 4.90 Å². The van der Waals surface area contributed by atoms with Gasteiger partial charge < -0.3 is 4.48 Å². The Kier molecular flexibility index (Phi) is 5.80. The Morgan fingerprint density at radius 1 is 1.05 bits per heavy atom. The predicted octanol–water partition coefficient (Wildman–Crippen LogP) is 3.26. The number of fused-ring (bicyclic) bond motifs is 1. The molecule has 2 rings (SSSR count). The lowest BCUT2D eigenvalue weighted by molar-refractivity contribution is -0.890. The number of hydrogen-bond acceptors (Lipinski definition) is 2. The third-order valence-corrected chi connectivity index (χ3v) is 4.89. The third kappa shape index (κ3) is 4.18. The molecule has 0 unspecified atom stereocenters. The normalized spacial score (nSPS) is 14.9. The molecule has 120 valence electrons. The first-order valence-corrected chi connectivity index (χ1v) is 9.20. The summed E-state index contributed by atoms with van der Waals surface area (Å²) in [5, 5.41) is 0. The van der Waals surface area contributed by atoms with Crippen molar-refractivity contribution in [2.45, 2.75) is 16.6 Å². The van der Waals surface area contributed by atoms with Crippen LogP contribution in [0, 0.1) is 0 Å². The average molecular weight is 433 g/mol. The number of carbonyl (C=O) groups is 2. The van der Waals surface area contributed by atoms with E-state index in [4.69, 9.17) is 0 Å². The molecule has 0 saturated heterocycles. The molecule has 0 aliphatic carbocycles. The molecule has 0 bridgehead atoms. The fraction of sp³-hybridized carbons (Fsp3) is 0.500. The molecule has 0 fully saturated rings. The molecule has 0 radical (unpaired) electrons. The SMILES string of the molecule is C[N+](C)(CCCN1C(=O)c2ccccc2C1=O)CCC(Br)Br. The van der Waals surface area contributed by atoms with Gasteiger partial charge in [-0.3, -0.25) is 14.5 Å². The molecule has 0 saturated carbocycles. The zero-order valence-corrected chi connectivity index (χ0v) is 16.1. The van der Waals surface area contributed by atoms with Gasteiger partial charge in [0.2, 0.25) is 0 Å². The van der Waals surface area contributed by atoms with Gasteiger partial charge in [0.05, 0.1) is 42.0 Å². The van der Waals surface area contributed by atoms with Crippen molar-refractivity contribution in [3.8, 4) is 0 Å². The van der Waals surface area contributed by atoms with E-state index in [0.29, 0.717) is 21.4 Å². The number of alkyl halides is 2. The number of quaternary nitrogens is 1. The van der Waals surface area contributed by atoms with E-state index in [-0.39, 0.29) is 11.8 Å². The lowest BCUT2D eigenvalue weighted by atomic mass is 10.1. The summed E-state index contributed by atoms with van der Waals surface area (Å²) < 4.78 is 1.20. The maximum absolute atomic E-state index is 12.3. The maximum atomic E-state index is 12.3. The number of imide groups is 1. The third-order valence-electron chi connectivity index (χ3n) is 3.98. The van der Waals surface area contributed by atoms with Gasteiger partial charge in [0.1, 0.15) is 0 Å². The van der Waals surface area contributed by atoms with E-state index in [9.17, 15) is 9.59 Å². The zero-order valence-electron chi connectivity index (χ0n) is 12.9. The molecule has 0 atom stereocenters. The van der Waals surface area contributed by atoms with Gasteiger partial charge in [-0.2, -0.15) is 0 Å². The number of nitrogens with zero attached hydrogens (tertiary/aromatic N) is 2. The van der Waals surface area contributed by atoms with Crippen LogP contribution in [0.25, 0.3) is 0 Å². The van der Waals surface area contributed by atoms with Gasteiger partial charge in [-0.05, 0) is 12.1 Å². The Labute approximate surface area is 148 Å². The predicted molar refractivity (Wildman–Crippen MR) is 94.5 cm³/mol. The second-order valence-electron chi connectivity index (χ2n) is 6.22. The van der Waals surface area contributed by atoms with Gasteiger partial charge in [-0.25, -0.2) is 0 Å². The molecule has 1 aromatic rings. The second kappa shape index (κ2) is 7.23. The largest absolute Gasteiger partial charge is 0.328 e. The molecule has 4 nitrogen and oxygen atoms in total. The fourth-order valence-electron chi connectivity index (χ4n) is 2.66. The van der Waals surface area contributed by atoms with Crippen LogP contribution in [-0.2, 0) is 0 Å². The molecule has 0 N–H and O–H groups in total. The van der Waals surface area contributed by atoms with Crippen LogP contribution in [0.15, 0.2) is 24.3 Å². The van der Waals surface area contributed by atoms with Crippen molar-refractivity contribution in [3.05, 3.63) is 35.4 Å². The number of amides is 2. The molecular weight excluding hydrogens is 412 g/mol. The van der Waals surface area contributed by atoms with E-state index < -0.39 is 0 Å². The van der Waals surface area contributed by atoms with Gasteiger partial charge in [-0.1, -0.05) is 44.0 Å². The average Bonchev–Trinajstić information content (AvgIpc) is 2.71. The Morgan fingerprint density at radius 2 is 1.59 bits per heavy atom. The number of halogens is 2. The Morgan fingerprint density at radius 3 is 2.09 bits per heavy atom.